The summed E-state index contributed by atoms with van der Waals surface area (Å²) in [5, 5.41) is 6.13. The van der Waals surface area contributed by atoms with Crippen LogP contribution in [-0.2, 0) is 11.3 Å². The SMILES string of the molecule is O=C(Nc1nccn1Cc1ccc(Br)cc1)[C@@H]1CCNC1. The predicted octanol–water partition coefficient (Wildman–Crippen LogP) is 2.24. The van der Waals surface area contributed by atoms with Gasteiger partial charge in [-0.1, -0.05) is 28.1 Å². The highest BCUT2D eigenvalue weighted by Crippen LogP contribution is 2.15. The Hall–Kier alpha value is -1.66. The summed E-state index contributed by atoms with van der Waals surface area (Å²) in [6, 6.07) is 8.12. The van der Waals surface area contributed by atoms with Crippen molar-refractivity contribution in [2.24, 2.45) is 5.92 Å². The summed E-state index contributed by atoms with van der Waals surface area (Å²) in [4.78, 5) is 16.4. The maximum Gasteiger partial charge on any atom is 0.231 e. The van der Waals surface area contributed by atoms with E-state index >= 15 is 0 Å². The third-order valence-electron chi connectivity index (χ3n) is 3.65. The number of aromatic nitrogens is 2. The zero-order valence-corrected chi connectivity index (χ0v) is 13.1. The molecule has 1 fully saturated rings. The summed E-state index contributed by atoms with van der Waals surface area (Å²) in [5.41, 5.74) is 1.16. The number of hydrogen-bond donors (Lipinski definition) is 2. The van der Waals surface area contributed by atoms with E-state index in [4.69, 9.17) is 0 Å². The second-order valence-electron chi connectivity index (χ2n) is 5.18. The lowest BCUT2D eigenvalue weighted by atomic mass is 10.1. The molecular formula is C15H17BrN4O. The molecule has 0 radical (unpaired) electrons. The second-order valence-corrected chi connectivity index (χ2v) is 6.10. The molecule has 0 aliphatic carbocycles. The van der Waals surface area contributed by atoms with Crippen LogP contribution in [0.3, 0.4) is 0 Å². The molecule has 21 heavy (non-hydrogen) atoms. The van der Waals surface area contributed by atoms with Crippen LogP contribution in [0.1, 0.15) is 12.0 Å². The number of nitrogens with zero attached hydrogens (tertiary/aromatic N) is 2. The van der Waals surface area contributed by atoms with Gasteiger partial charge in [0.25, 0.3) is 0 Å². The van der Waals surface area contributed by atoms with E-state index in [-0.39, 0.29) is 11.8 Å². The molecule has 3 rings (SSSR count). The fourth-order valence-electron chi connectivity index (χ4n) is 2.44. The minimum absolute atomic E-state index is 0.0443. The van der Waals surface area contributed by atoms with Crippen molar-refractivity contribution >= 4 is 27.8 Å². The molecule has 1 saturated heterocycles. The normalized spacial score (nSPS) is 17.9. The van der Waals surface area contributed by atoms with Gasteiger partial charge in [0, 0.05) is 23.4 Å². The highest BCUT2D eigenvalue weighted by Gasteiger charge is 2.23. The molecule has 2 aromatic rings. The van der Waals surface area contributed by atoms with E-state index in [0.717, 1.165) is 29.5 Å². The molecule has 1 atom stereocenters. The van der Waals surface area contributed by atoms with Crippen molar-refractivity contribution < 1.29 is 4.79 Å². The van der Waals surface area contributed by atoms with E-state index < -0.39 is 0 Å². The number of anilines is 1. The monoisotopic (exact) mass is 348 g/mol. The minimum Gasteiger partial charge on any atom is -0.316 e. The van der Waals surface area contributed by atoms with E-state index in [1.165, 1.54) is 0 Å². The van der Waals surface area contributed by atoms with E-state index in [0.29, 0.717) is 12.5 Å². The molecular weight excluding hydrogens is 332 g/mol. The number of hydrogen-bond acceptors (Lipinski definition) is 3. The van der Waals surface area contributed by atoms with Gasteiger partial charge in [0.15, 0.2) is 0 Å². The van der Waals surface area contributed by atoms with Gasteiger partial charge in [-0.15, -0.1) is 0 Å². The van der Waals surface area contributed by atoms with Crippen LogP contribution in [0.2, 0.25) is 0 Å². The van der Waals surface area contributed by atoms with Crippen LogP contribution >= 0.6 is 15.9 Å². The molecule has 0 bridgehead atoms. The van der Waals surface area contributed by atoms with Gasteiger partial charge in [0.1, 0.15) is 0 Å². The highest BCUT2D eigenvalue weighted by molar-refractivity contribution is 9.10. The van der Waals surface area contributed by atoms with Crippen LogP contribution in [0.15, 0.2) is 41.1 Å². The lowest BCUT2D eigenvalue weighted by molar-refractivity contribution is -0.119. The Morgan fingerprint density at radius 3 is 2.95 bits per heavy atom. The van der Waals surface area contributed by atoms with E-state index in [9.17, 15) is 4.79 Å². The van der Waals surface area contributed by atoms with Crippen LogP contribution < -0.4 is 10.6 Å². The van der Waals surface area contributed by atoms with Crippen LogP contribution in [0.4, 0.5) is 5.95 Å². The third kappa shape index (κ3) is 3.51. The van der Waals surface area contributed by atoms with Crippen LogP contribution in [0, 0.1) is 5.92 Å². The van der Waals surface area contributed by atoms with Crippen molar-refractivity contribution in [3.05, 3.63) is 46.7 Å². The largest absolute Gasteiger partial charge is 0.316 e. The number of rotatable bonds is 4. The second kappa shape index (κ2) is 6.41. The highest BCUT2D eigenvalue weighted by atomic mass is 79.9. The Bertz CT molecular complexity index is 617. The smallest absolute Gasteiger partial charge is 0.231 e. The lowest BCUT2D eigenvalue weighted by Crippen LogP contribution is -2.26. The third-order valence-corrected chi connectivity index (χ3v) is 4.18. The Balaban J connectivity index is 1.68. The summed E-state index contributed by atoms with van der Waals surface area (Å²) in [7, 11) is 0. The molecule has 2 heterocycles. The summed E-state index contributed by atoms with van der Waals surface area (Å²) in [6.45, 7) is 2.34. The number of benzene rings is 1. The molecule has 5 nitrogen and oxygen atoms in total. The van der Waals surface area contributed by atoms with Crippen molar-refractivity contribution in [1.82, 2.24) is 14.9 Å². The zero-order valence-electron chi connectivity index (χ0n) is 11.6. The first-order chi connectivity index (χ1) is 10.2. The molecule has 0 spiro atoms. The van der Waals surface area contributed by atoms with Crippen molar-refractivity contribution in [2.45, 2.75) is 13.0 Å². The molecule has 0 unspecified atom stereocenters. The molecule has 1 aromatic heterocycles. The van der Waals surface area contributed by atoms with Crippen molar-refractivity contribution in [1.29, 1.82) is 0 Å². The van der Waals surface area contributed by atoms with E-state index in [1.807, 2.05) is 22.9 Å². The molecule has 110 valence electrons. The van der Waals surface area contributed by atoms with Crippen molar-refractivity contribution in [2.75, 3.05) is 18.4 Å². The topological polar surface area (TPSA) is 59.0 Å². The Morgan fingerprint density at radius 1 is 1.43 bits per heavy atom. The predicted molar refractivity (Wildman–Crippen MR) is 85.1 cm³/mol. The van der Waals surface area contributed by atoms with Gasteiger partial charge in [-0.05, 0) is 30.7 Å². The number of amides is 1. The first-order valence-corrected chi connectivity index (χ1v) is 7.79. The average Bonchev–Trinajstić information content (AvgIpc) is 3.14. The van der Waals surface area contributed by atoms with Crippen molar-refractivity contribution in [3.8, 4) is 0 Å². The minimum atomic E-state index is 0.0443. The molecule has 1 aromatic carbocycles. The molecule has 1 amide bonds. The van der Waals surface area contributed by atoms with E-state index in [2.05, 4.69) is 43.7 Å². The fraction of sp³-hybridized carbons (Fsp3) is 0.333. The van der Waals surface area contributed by atoms with Gasteiger partial charge >= 0.3 is 0 Å². The Morgan fingerprint density at radius 2 is 2.24 bits per heavy atom. The number of carbonyl (C=O) groups is 1. The maximum absolute atomic E-state index is 12.2. The Kier molecular flexibility index (Phi) is 4.36. The molecule has 1 aliphatic heterocycles. The maximum atomic E-state index is 12.2. The summed E-state index contributed by atoms with van der Waals surface area (Å²) < 4.78 is 3.00. The lowest BCUT2D eigenvalue weighted by Gasteiger charge is -2.12. The zero-order chi connectivity index (χ0) is 14.7. The number of nitrogens with one attached hydrogen (secondary N) is 2. The Labute approximate surface area is 131 Å². The summed E-state index contributed by atoms with van der Waals surface area (Å²) in [5.74, 6) is 0.695. The first-order valence-electron chi connectivity index (χ1n) is 6.99. The van der Waals surface area contributed by atoms with Gasteiger partial charge in [-0.3, -0.25) is 10.1 Å². The molecule has 0 saturated carbocycles. The van der Waals surface area contributed by atoms with Gasteiger partial charge in [0.05, 0.1) is 12.5 Å². The van der Waals surface area contributed by atoms with Gasteiger partial charge in [0.2, 0.25) is 11.9 Å². The molecule has 2 N–H and O–H groups in total. The number of halogens is 1. The summed E-state index contributed by atoms with van der Waals surface area (Å²) in [6.07, 6.45) is 4.48. The number of imidazole rings is 1. The quantitative estimate of drug-likeness (QED) is 0.890. The van der Waals surface area contributed by atoms with Gasteiger partial charge < -0.3 is 9.88 Å². The molecule has 6 heteroatoms. The van der Waals surface area contributed by atoms with E-state index in [1.54, 1.807) is 6.20 Å². The standard InChI is InChI=1S/C15H17BrN4O/c16-13-3-1-11(2-4-13)10-20-8-7-18-15(20)19-14(21)12-5-6-17-9-12/h1-4,7-8,12,17H,5-6,9-10H2,(H,18,19,21)/t12-/m1/s1. The van der Waals surface area contributed by atoms with Gasteiger partial charge in [-0.2, -0.15) is 0 Å². The van der Waals surface area contributed by atoms with Crippen LogP contribution in [0.5, 0.6) is 0 Å². The first kappa shape index (κ1) is 14.3. The molecule has 1 aliphatic rings. The summed E-state index contributed by atoms with van der Waals surface area (Å²) >= 11 is 3.43. The number of carbonyl (C=O) groups excluding carboxylic acids is 1. The van der Waals surface area contributed by atoms with Gasteiger partial charge in [-0.25, -0.2) is 4.98 Å². The fourth-order valence-corrected chi connectivity index (χ4v) is 2.70. The van der Waals surface area contributed by atoms with Crippen LogP contribution in [0.25, 0.3) is 0 Å². The average molecular weight is 349 g/mol. The van der Waals surface area contributed by atoms with Crippen LogP contribution in [-0.4, -0.2) is 28.5 Å². The van der Waals surface area contributed by atoms with Crippen molar-refractivity contribution in [3.63, 3.8) is 0 Å².